The van der Waals surface area contributed by atoms with Gasteiger partial charge in [-0.05, 0) is 18.2 Å². The van der Waals surface area contributed by atoms with Crippen LogP contribution >= 0.6 is 12.6 Å². The molecular weight excluding hydrogens is 228 g/mol. The van der Waals surface area contributed by atoms with E-state index in [1.54, 1.807) is 0 Å². The molecule has 0 aliphatic heterocycles. The standard InChI is InChI=1S/C9H10N4O2S/c1-5(14)11-7-4-6(2-3-8(7)15)12-13-9(10)16/h2-4,15H,1H3,(H2,10,16)(H,11,14)/b13-12+. The zero-order chi connectivity index (χ0) is 12.1. The normalized spacial score (nSPS) is 10.4. The van der Waals surface area contributed by atoms with Crippen molar-refractivity contribution in [2.45, 2.75) is 6.92 Å². The third-order valence-corrected chi connectivity index (χ3v) is 1.64. The fourth-order valence-electron chi connectivity index (χ4n) is 0.981. The highest BCUT2D eigenvalue weighted by Crippen LogP contribution is 2.28. The maximum Gasteiger partial charge on any atom is 0.221 e. The quantitative estimate of drug-likeness (QED) is 0.209. The fourth-order valence-corrected chi connectivity index (χ4v) is 1.03. The minimum atomic E-state index is -0.300. The van der Waals surface area contributed by atoms with Gasteiger partial charge in [-0.2, -0.15) is 0 Å². The molecule has 84 valence electrons. The largest absolute Gasteiger partial charge is 0.506 e. The first-order valence-electron chi connectivity index (χ1n) is 4.29. The Hall–Kier alpha value is -1.89. The van der Waals surface area contributed by atoms with Crippen LogP contribution in [-0.2, 0) is 4.79 Å². The minimum absolute atomic E-state index is 0.0601. The molecule has 0 spiro atoms. The number of rotatable bonds is 2. The molecule has 1 aromatic carbocycles. The number of carbonyl (C=O) groups is 1. The van der Waals surface area contributed by atoms with Crippen molar-refractivity contribution in [2.75, 3.05) is 5.32 Å². The van der Waals surface area contributed by atoms with E-state index < -0.39 is 0 Å². The van der Waals surface area contributed by atoms with E-state index in [9.17, 15) is 9.90 Å². The lowest BCUT2D eigenvalue weighted by Gasteiger charge is -2.04. The summed E-state index contributed by atoms with van der Waals surface area (Å²) in [6.07, 6.45) is 0. The Kier molecular flexibility index (Phi) is 4.01. The number of nitrogens with zero attached hydrogens (tertiary/aromatic N) is 2. The number of amides is 1. The predicted molar refractivity (Wildman–Crippen MR) is 63.6 cm³/mol. The molecule has 3 N–H and O–H groups in total. The zero-order valence-corrected chi connectivity index (χ0v) is 9.32. The van der Waals surface area contributed by atoms with Gasteiger partial charge in [0.1, 0.15) is 5.75 Å². The molecular formula is C9H10N4O2S. The highest BCUT2D eigenvalue weighted by molar-refractivity contribution is 7.96. The summed E-state index contributed by atoms with van der Waals surface area (Å²) in [4.78, 5) is 10.8. The Bertz CT molecular complexity index is 459. The van der Waals surface area contributed by atoms with Crippen LogP contribution in [0, 0.1) is 5.41 Å². The number of carbonyl (C=O) groups excluding carboxylic acids is 1. The van der Waals surface area contributed by atoms with Gasteiger partial charge in [-0.1, -0.05) is 0 Å². The maximum absolute atomic E-state index is 10.8. The number of phenols is 1. The molecule has 0 fully saturated rings. The molecule has 1 rings (SSSR count). The van der Waals surface area contributed by atoms with Crippen LogP contribution in [0.15, 0.2) is 28.4 Å². The van der Waals surface area contributed by atoms with E-state index in [2.05, 4.69) is 28.2 Å². The van der Waals surface area contributed by atoms with Crippen LogP contribution in [0.2, 0.25) is 0 Å². The molecule has 0 aliphatic carbocycles. The molecule has 0 saturated carbocycles. The topological polar surface area (TPSA) is 97.9 Å². The second-order valence-corrected chi connectivity index (χ2v) is 3.33. The third kappa shape index (κ3) is 3.70. The summed E-state index contributed by atoms with van der Waals surface area (Å²) in [6, 6.07) is 4.32. The minimum Gasteiger partial charge on any atom is -0.506 e. The molecule has 16 heavy (non-hydrogen) atoms. The van der Waals surface area contributed by atoms with Crippen molar-refractivity contribution in [2.24, 2.45) is 10.2 Å². The number of aromatic hydroxyl groups is 1. The monoisotopic (exact) mass is 238 g/mol. The van der Waals surface area contributed by atoms with E-state index in [1.807, 2.05) is 0 Å². The molecule has 0 aromatic heterocycles. The average Bonchev–Trinajstić information content (AvgIpc) is 2.18. The summed E-state index contributed by atoms with van der Waals surface area (Å²) in [6.45, 7) is 1.33. The number of phenolic OH excluding ortho intramolecular Hbond substituents is 1. The van der Waals surface area contributed by atoms with Crippen molar-refractivity contribution in [1.82, 2.24) is 0 Å². The van der Waals surface area contributed by atoms with Crippen LogP contribution in [0.4, 0.5) is 11.4 Å². The van der Waals surface area contributed by atoms with Crippen molar-refractivity contribution in [3.05, 3.63) is 18.2 Å². The van der Waals surface area contributed by atoms with Crippen LogP contribution in [-0.4, -0.2) is 16.2 Å². The lowest BCUT2D eigenvalue weighted by molar-refractivity contribution is -0.114. The van der Waals surface area contributed by atoms with Crippen molar-refractivity contribution in [1.29, 1.82) is 5.41 Å². The second-order valence-electron chi connectivity index (χ2n) is 2.91. The fraction of sp³-hybridized carbons (Fsp3) is 0.111. The van der Waals surface area contributed by atoms with Gasteiger partial charge in [0.25, 0.3) is 0 Å². The van der Waals surface area contributed by atoms with Crippen LogP contribution in [0.25, 0.3) is 0 Å². The first-order valence-corrected chi connectivity index (χ1v) is 4.73. The molecule has 6 nitrogen and oxygen atoms in total. The summed E-state index contributed by atoms with van der Waals surface area (Å²) >= 11 is 3.63. The summed E-state index contributed by atoms with van der Waals surface area (Å²) in [5.41, 5.74) is 0.648. The van der Waals surface area contributed by atoms with Gasteiger partial charge in [0.05, 0.1) is 11.4 Å². The van der Waals surface area contributed by atoms with Gasteiger partial charge in [0.2, 0.25) is 5.91 Å². The zero-order valence-electron chi connectivity index (χ0n) is 8.43. The summed E-state index contributed by atoms with van der Waals surface area (Å²) in [7, 11) is 0. The summed E-state index contributed by atoms with van der Waals surface area (Å²) in [5.74, 6) is -0.360. The molecule has 0 radical (unpaired) electrons. The number of hydrogen-bond donors (Lipinski definition) is 4. The van der Waals surface area contributed by atoms with Crippen LogP contribution in [0.5, 0.6) is 5.75 Å². The highest BCUT2D eigenvalue weighted by atomic mass is 32.1. The molecule has 0 saturated heterocycles. The number of hydrogen-bond acceptors (Lipinski definition) is 4. The van der Waals surface area contributed by atoms with Crippen LogP contribution in [0.1, 0.15) is 6.92 Å². The maximum atomic E-state index is 10.8. The van der Waals surface area contributed by atoms with E-state index in [4.69, 9.17) is 5.41 Å². The Morgan fingerprint density at radius 3 is 2.81 bits per heavy atom. The molecule has 0 aliphatic rings. The Balaban J connectivity index is 2.97. The van der Waals surface area contributed by atoms with Crippen molar-refractivity contribution in [3.8, 4) is 5.75 Å². The van der Waals surface area contributed by atoms with E-state index in [0.29, 0.717) is 5.69 Å². The number of thiol groups is 1. The van der Waals surface area contributed by atoms with Gasteiger partial charge in [0.15, 0.2) is 5.17 Å². The first-order chi connectivity index (χ1) is 7.49. The number of amidine groups is 1. The number of benzene rings is 1. The molecule has 0 unspecified atom stereocenters. The van der Waals surface area contributed by atoms with E-state index in [1.165, 1.54) is 25.1 Å². The molecule has 1 aromatic rings. The number of anilines is 1. The van der Waals surface area contributed by atoms with Gasteiger partial charge in [0, 0.05) is 6.92 Å². The Morgan fingerprint density at radius 2 is 2.25 bits per heavy atom. The molecule has 0 bridgehead atoms. The molecule has 1 amide bonds. The van der Waals surface area contributed by atoms with E-state index in [-0.39, 0.29) is 22.5 Å². The van der Waals surface area contributed by atoms with E-state index >= 15 is 0 Å². The smallest absolute Gasteiger partial charge is 0.221 e. The van der Waals surface area contributed by atoms with Crippen molar-refractivity contribution < 1.29 is 9.90 Å². The lowest BCUT2D eigenvalue weighted by Crippen LogP contribution is -2.05. The van der Waals surface area contributed by atoms with Gasteiger partial charge in [-0.15, -0.1) is 22.9 Å². The van der Waals surface area contributed by atoms with Crippen LogP contribution < -0.4 is 5.32 Å². The second kappa shape index (κ2) is 5.26. The Morgan fingerprint density at radius 1 is 1.56 bits per heavy atom. The molecule has 0 heterocycles. The molecule has 0 atom stereocenters. The summed E-state index contributed by atoms with van der Waals surface area (Å²) in [5, 5.41) is 25.7. The number of nitrogens with one attached hydrogen (secondary N) is 2. The Labute approximate surface area is 97.3 Å². The van der Waals surface area contributed by atoms with E-state index in [0.717, 1.165) is 0 Å². The number of azo groups is 1. The van der Waals surface area contributed by atoms with Gasteiger partial charge < -0.3 is 10.4 Å². The highest BCUT2D eigenvalue weighted by Gasteiger charge is 2.03. The van der Waals surface area contributed by atoms with Crippen molar-refractivity contribution in [3.63, 3.8) is 0 Å². The first kappa shape index (κ1) is 12.2. The SMILES string of the molecule is CC(=O)Nc1cc(/N=N/C(=N)S)ccc1O. The molecule has 7 heteroatoms. The van der Waals surface area contributed by atoms with Gasteiger partial charge in [-0.25, -0.2) is 0 Å². The van der Waals surface area contributed by atoms with Gasteiger partial charge >= 0.3 is 0 Å². The van der Waals surface area contributed by atoms with Crippen LogP contribution in [0.3, 0.4) is 0 Å². The third-order valence-electron chi connectivity index (χ3n) is 1.55. The average molecular weight is 238 g/mol. The van der Waals surface area contributed by atoms with Gasteiger partial charge in [-0.3, -0.25) is 10.2 Å². The lowest BCUT2D eigenvalue weighted by atomic mass is 10.2. The predicted octanol–water partition coefficient (Wildman–Crippen LogP) is 2.30. The van der Waals surface area contributed by atoms with Crippen molar-refractivity contribution >= 4 is 35.1 Å². The summed E-state index contributed by atoms with van der Waals surface area (Å²) < 4.78 is 0.